The molecule has 3 heterocycles. The number of hydrogen-bond donors (Lipinski definition) is 2. The first-order valence-electron chi connectivity index (χ1n) is 13.9. The molecule has 42 heavy (non-hydrogen) atoms. The first kappa shape index (κ1) is 25.8. The van der Waals surface area contributed by atoms with Gasteiger partial charge in [0.25, 0.3) is 0 Å². The molecule has 1 aliphatic carbocycles. The highest BCUT2D eigenvalue weighted by atomic mass is 19.1. The molecule has 6 aromatic rings. The Kier molecular flexibility index (Phi) is 6.55. The molecule has 208 valence electrons. The molecule has 7 heteroatoms. The van der Waals surface area contributed by atoms with E-state index in [-0.39, 0.29) is 5.82 Å². The van der Waals surface area contributed by atoms with Gasteiger partial charge in [-0.05, 0) is 71.0 Å². The zero-order chi connectivity index (χ0) is 28.6. The van der Waals surface area contributed by atoms with Gasteiger partial charge in [0.2, 0.25) is 0 Å². The number of H-pyrrole nitrogens is 2. The number of nitrogens with one attached hydrogen (secondary N) is 2. The highest BCUT2D eigenvalue weighted by molar-refractivity contribution is 5.96. The van der Waals surface area contributed by atoms with Crippen LogP contribution in [0.4, 0.5) is 4.39 Å². The maximum atomic E-state index is 14.4. The Morgan fingerprint density at radius 1 is 0.905 bits per heavy atom. The third-order valence-electron chi connectivity index (χ3n) is 7.70. The molecule has 0 spiro atoms. The summed E-state index contributed by atoms with van der Waals surface area (Å²) in [6, 6.07) is 25.3. The number of pyridine rings is 1. The molecule has 0 radical (unpaired) electrons. The van der Waals surface area contributed by atoms with Gasteiger partial charge < -0.3 is 14.5 Å². The van der Waals surface area contributed by atoms with Gasteiger partial charge in [0.05, 0.1) is 24.5 Å². The Bertz CT molecular complexity index is 1940. The second-order valence-corrected chi connectivity index (χ2v) is 10.7. The number of allylic oxidation sites excluding steroid dienone is 1. The van der Waals surface area contributed by atoms with Crippen LogP contribution in [0.3, 0.4) is 0 Å². The second kappa shape index (κ2) is 10.7. The molecule has 1 atom stereocenters. The van der Waals surface area contributed by atoms with Gasteiger partial charge >= 0.3 is 0 Å². The Hall–Kier alpha value is -5.17. The van der Waals surface area contributed by atoms with E-state index in [0.29, 0.717) is 24.0 Å². The quantitative estimate of drug-likeness (QED) is 0.209. The summed E-state index contributed by atoms with van der Waals surface area (Å²) in [5.74, 6) is 1.18. The molecule has 0 bridgehead atoms. The van der Waals surface area contributed by atoms with Crippen LogP contribution in [0.2, 0.25) is 0 Å². The zero-order valence-electron chi connectivity index (χ0n) is 23.3. The molecule has 7 rings (SSSR count). The predicted octanol–water partition coefficient (Wildman–Crippen LogP) is 7.97. The Balaban J connectivity index is 1.22. The van der Waals surface area contributed by atoms with Crippen LogP contribution < -0.4 is 9.47 Å². The summed E-state index contributed by atoms with van der Waals surface area (Å²) >= 11 is 0. The molecule has 0 amide bonds. The van der Waals surface area contributed by atoms with Crippen molar-refractivity contribution in [1.82, 2.24) is 20.2 Å². The third-order valence-corrected chi connectivity index (χ3v) is 7.70. The SMILES string of the molecule is COc1cc(F)cc(C2=CC(C)Cc3[nH]c(-c4n[nH]c5ccc(-c6cncc(OCc7ccccc7)c6)cc45)cc32)c1. The van der Waals surface area contributed by atoms with Gasteiger partial charge in [0.1, 0.15) is 29.6 Å². The molecule has 6 nitrogen and oxygen atoms in total. The average molecular weight is 557 g/mol. The Morgan fingerprint density at radius 2 is 1.76 bits per heavy atom. The van der Waals surface area contributed by atoms with Crippen LogP contribution in [0.15, 0.2) is 97.3 Å². The molecule has 0 saturated carbocycles. The molecule has 0 aliphatic heterocycles. The number of hydrogen-bond acceptors (Lipinski definition) is 4. The molecule has 3 aromatic heterocycles. The van der Waals surface area contributed by atoms with Gasteiger partial charge in [0, 0.05) is 34.5 Å². The van der Waals surface area contributed by atoms with E-state index in [9.17, 15) is 4.39 Å². The summed E-state index contributed by atoms with van der Waals surface area (Å²) in [6.45, 7) is 2.65. The summed E-state index contributed by atoms with van der Waals surface area (Å²) in [4.78, 5) is 8.05. The van der Waals surface area contributed by atoms with Gasteiger partial charge in [-0.3, -0.25) is 10.1 Å². The maximum absolute atomic E-state index is 14.4. The topological polar surface area (TPSA) is 75.8 Å². The van der Waals surface area contributed by atoms with E-state index < -0.39 is 0 Å². The van der Waals surface area contributed by atoms with Crippen molar-refractivity contribution in [2.45, 2.75) is 20.0 Å². The lowest BCUT2D eigenvalue weighted by Crippen LogP contribution is -2.07. The Labute approximate surface area is 242 Å². The van der Waals surface area contributed by atoms with Crippen LogP contribution in [-0.2, 0) is 13.0 Å². The number of rotatable bonds is 7. The highest BCUT2D eigenvalue weighted by Gasteiger charge is 2.23. The number of aromatic amines is 2. The number of benzene rings is 3. The largest absolute Gasteiger partial charge is 0.497 e. The lowest BCUT2D eigenvalue weighted by Gasteiger charge is -2.19. The first-order chi connectivity index (χ1) is 20.5. The van der Waals surface area contributed by atoms with Gasteiger partial charge in [-0.1, -0.05) is 49.4 Å². The van der Waals surface area contributed by atoms with Crippen LogP contribution in [-0.4, -0.2) is 27.3 Å². The minimum Gasteiger partial charge on any atom is -0.497 e. The van der Waals surface area contributed by atoms with E-state index >= 15 is 0 Å². The average Bonchev–Trinajstić information content (AvgIpc) is 3.63. The van der Waals surface area contributed by atoms with E-state index in [2.05, 4.69) is 51.4 Å². The van der Waals surface area contributed by atoms with Gasteiger partial charge in [-0.2, -0.15) is 5.10 Å². The van der Waals surface area contributed by atoms with Crippen LogP contribution in [0.5, 0.6) is 11.5 Å². The van der Waals surface area contributed by atoms with Crippen LogP contribution in [0.1, 0.15) is 29.3 Å². The number of aromatic nitrogens is 4. The standard InChI is InChI=1S/C35H29FN4O2/c1-21-10-29(24-12-26(36)16-27(13-24)41-2)30-17-34(38-33(30)11-21)35-31-15-23(8-9-32(31)39-40-35)25-14-28(19-37-18-25)42-20-22-6-4-3-5-7-22/h3-10,12-19,21,38H,11,20H2,1-2H3,(H,39,40). The van der Waals surface area contributed by atoms with Crippen molar-refractivity contribution in [3.63, 3.8) is 0 Å². The second-order valence-electron chi connectivity index (χ2n) is 10.7. The Morgan fingerprint density at radius 3 is 2.62 bits per heavy atom. The number of fused-ring (bicyclic) bond motifs is 2. The van der Waals surface area contributed by atoms with E-state index in [1.54, 1.807) is 19.4 Å². The molecule has 3 aromatic carbocycles. The number of halogens is 1. The summed E-state index contributed by atoms with van der Waals surface area (Å²) in [5, 5.41) is 8.86. The van der Waals surface area contributed by atoms with Crippen molar-refractivity contribution in [3.8, 4) is 34.0 Å². The van der Waals surface area contributed by atoms with E-state index in [4.69, 9.17) is 9.47 Å². The third kappa shape index (κ3) is 4.94. The smallest absolute Gasteiger partial charge is 0.138 e. The molecule has 1 unspecified atom stereocenters. The fourth-order valence-electron chi connectivity index (χ4n) is 5.66. The molecular formula is C35H29FN4O2. The van der Waals surface area contributed by atoms with Crippen LogP contribution in [0, 0.1) is 11.7 Å². The van der Waals surface area contributed by atoms with Crippen molar-refractivity contribution >= 4 is 16.5 Å². The molecular weight excluding hydrogens is 527 g/mol. The molecule has 0 saturated heterocycles. The fourth-order valence-corrected chi connectivity index (χ4v) is 5.66. The van der Waals surface area contributed by atoms with Crippen LogP contribution in [0.25, 0.3) is 39.0 Å². The number of ether oxygens (including phenoxy) is 2. The maximum Gasteiger partial charge on any atom is 0.138 e. The van der Waals surface area contributed by atoms with E-state index in [0.717, 1.165) is 67.8 Å². The summed E-state index contributed by atoms with van der Waals surface area (Å²) < 4.78 is 25.8. The van der Waals surface area contributed by atoms with Crippen LogP contribution >= 0.6 is 0 Å². The first-order valence-corrected chi connectivity index (χ1v) is 13.9. The van der Waals surface area contributed by atoms with Gasteiger partial charge in [-0.15, -0.1) is 0 Å². The van der Waals surface area contributed by atoms with E-state index in [1.807, 2.05) is 54.7 Å². The van der Waals surface area contributed by atoms with Crippen molar-refractivity contribution in [1.29, 1.82) is 0 Å². The molecule has 0 fully saturated rings. The number of nitrogens with zero attached hydrogens (tertiary/aromatic N) is 2. The minimum atomic E-state index is -0.323. The van der Waals surface area contributed by atoms with E-state index in [1.165, 1.54) is 6.07 Å². The molecule has 2 N–H and O–H groups in total. The molecule has 1 aliphatic rings. The number of methoxy groups -OCH3 is 1. The van der Waals surface area contributed by atoms with Crippen molar-refractivity contribution in [2.75, 3.05) is 7.11 Å². The zero-order valence-corrected chi connectivity index (χ0v) is 23.3. The van der Waals surface area contributed by atoms with Crippen molar-refractivity contribution in [2.24, 2.45) is 5.92 Å². The van der Waals surface area contributed by atoms with Gasteiger partial charge in [-0.25, -0.2) is 4.39 Å². The summed E-state index contributed by atoms with van der Waals surface area (Å²) in [6.07, 6.45) is 6.64. The van der Waals surface area contributed by atoms with Crippen molar-refractivity contribution in [3.05, 3.63) is 126 Å². The fraction of sp³-hybridized carbons (Fsp3) is 0.143. The minimum absolute atomic E-state index is 0.291. The summed E-state index contributed by atoms with van der Waals surface area (Å²) in [7, 11) is 1.55. The lowest BCUT2D eigenvalue weighted by atomic mass is 9.86. The van der Waals surface area contributed by atoms with Gasteiger partial charge in [0.15, 0.2) is 0 Å². The lowest BCUT2D eigenvalue weighted by molar-refractivity contribution is 0.305. The monoisotopic (exact) mass is 556 g/mol. The summed E-state index contributed by atoms with van der Waals surface area (Å²) in [5.41, 5.74) is 9.69. The highest BCUT2D eigenvalue weighted by Crippen LogP contribution is 2.39. The predicted molar refractivity (Wildman–Crippen MR) is 163 cm³/mol. The van der Waals surface area contributed by atoms with Crippen molar-refractivity contribution < 1.29 is 13.9 Å². The normalized spacial score (nSPS) is 14.5.